The van der Waals surface area contributed by atoms with Crippen LogP contribution in [0.1, 0.15) is 19.8 Å². The molecule has 0 radical (unpaired) electrons. The van der Waals surface area contributed by atoms with Crippen LogP contribution in [0.2, 0.25) is 0 Å². The van der Waals surface area contributed by atoms with Gasteiger partial charge in [-0.25, -0.2) is 10.1 Å². The van der Waals surface area contributed by atoms with Crippen molar-refractivity contribution in [3.8, 4) is 0 Å². The Morgan fingerprint density at radius 1 is 1.53 bits per heavy atom. The first kappa shape index (κ1) is 11.4. The van der Waals surface area contributed by atoms with Crippen molar-refractivity contribution in [2.24, 2.45) is 10.1 Å². The third-order valence-electron chi connectivity index (χ3n) is 2.00. The number of amidine groups is 1. The molecule has 0 aromatic heterocycles. The van der Waals surface area contributed by atoms with E-state index in [9.17, 15) is 10.1 Å². The summed E-state index contributed by atoms with van der Waals surface area (Å²) in [6.07, 6.45) is 2.04. The molecule has 1 rings (SSSR count). The van der Waals surface area contributed by atoms with E-state index in [2.05, 4.69) is 15.4 Å². The summed E-state index contributed by atoms with van der Waals surface area (Å²) in [7, 11) is 3.64. The molecule has 0 bridgehead atoms. The van der Waals surface area contributed by atoms with Crippen molar-refractivity contribution in [2.75, 3.05) is 14.1 Å². The zero-order valence-corrected chi connectivity index (χ0v) is 9.10. The van der Waals surface area contributed by atoms with E-state index in [1.807, 2.05) is 14.1 Å². The van der Waals surface area contributed by atoms with Crippen LogP contribution in [0.25, 0.3) is 0 Å². The molecule has 0 atom stereocenters. The van der Waals surface area contributed by atoms with Gasteiger partial charge in [-0.2, -0.15) is 4.99 Å². The predicted octanol–water partition coefficient (Wildman–Crippen LogP) is 0.266. The minimum absolute atomic E-state index is 0.0775. The van der Waals surface area contributed by atoms with Crippen LogP contribution in [0.5, 0.6) is 0 Å². The summed E-state index contributed by atoms with van der Waals surface area (Å²) in [5.74, 6) is 0.748. The summed E-state index contributed by atoms with van der Waals surface area (Å²) in [5.41, 5.74) is 0. The highest BCUT2D eigenvalue weighted by Crippen LogP contribution is 2.18. The molecule has 1 aliphatic rings. The molecule has 0 aromatic carbocycles. The maximum Gasteiger partial charge on any atom is 0.296 e. The van der Waals surface area contributed by atoms with Crippen LogP contribution in [-0.4, -0.2) is 41.9 Å². The van der Waals surface area contributed by atoms with Gasteiger partial charge in [-0.1, -0.05) is 0 Å². The number of hydrogen-bond acceptors (Lipinski definition) is 2. The van der Waals surface area contributed by atoms with Crippen molar-refractivity contribution >= 4 is 11.8 Å². The average Bonchev–Trinajstić information content (AvgIpc) is 2.86. The number of nitro groups is 1. The summed E-state index contributed by atoms with van der Waals surface area (Å²) in [6.45, 7) is 1.77. The fourth-order valence-electron chi connectivity index (χ4n) is 0.824. The fraction of sp³-hybridized carbons (Fsp3) is 0.750. The predicted molar refractivity (Wildman–Crippen MR) is 57.4 cm³/mol. The van der Waals surface area contributed by atoms with Gasteiger partial charge in [-0.3, -0.25) is 0 Å². The zero-order valence-electron chi connectivity index (χ0n) is 9.10. The molecular weight excluding hydrogens is 198 g/mol. The smallest absolute Gasteiger partial charge is 0.296 e. The fourth-order valence-corrected chi connectivity index (χ4v) is 0.824. The van der Waals surface area contributed by atoms with E-state index in [4.69, 9.17) is 0 Å². The SMILES string of the molecule is CC(=NC(=N[N+](=O)[O-])NC1CC1)N(C)C. The standard InChI is InChI=1S/C8H15N5O2/c1-6(12(2)3)9-8(11-13(14)15)10-7-4-5-7/h7H,4-5H2,1-3H3,(H,10,11). The van der Waals surface area contributed by atoms with E-state index < -0.39 is 5.03 Å². The maximum absolute atomic E-state index is 10.3. The lowest BCUT2D eigenvalue weighted by molar-refractivity contribution is -0.485. The molecule has 15 heavy (non-hydrogen) atoms. The largest absolute Gasteiger partial charge is 0.366 e. The van der Waals surface area contributed by atoms with Gasteiger partial charge in [-0.05, 0) is 19.8 Å². The molecular formula is C8H15N5O2. The van der Waals surface area contributed by atoms with E-state index in [1.54, 1.807) is 11.8 Å². The third kappa shape index (κ3) is 4.39. The Hall–Kier alpha value is -1.66. The molecule has 0 heterocycles. The van der Waals surface area contributed by atoms with Crippen LogP contribution in [-0.2, 0) is 0 Å². The first-order valence-corrected chi connectivity index (χ1v) is 4.71. The lowest BCUT2D eigenvalue weighted by Gasteiger charge is -2.11. The molecule has 0 unspecified atom stereocenters. The molecule has 0 spiro atoms. The first-order chi connectivity index (χ1) is 6.99. The first-order valence-electron chi connectivity index (χ1n) is 4.71. The molecule has 1 saturated carbocycles. The van der Waals surface area contributed by atoms with E-state index in [0.29, 0.717) is 11.9 Å². The van der Waals surface area contributed by atoms with Gasteiger partial charge in [0.15, 0.2) is 5.03 Å². The molecule has 84 valence electrons. The zero-order chi connectivity index (χ0) is 11.4. The van der Waals surface area contributed by atoms with E-state index in [-0.39, 0.29) is 5.96 Å². The Bertz CT molecular complexity index is 306. The van der Waals surface area contributed by atoms with Crippen LogP contribution in [0.15, 0.2) is 10.1 Å². The van der Waals surface area contributed by atoms with Crippen molar-refractivity contribution in [1.29, 1.82) is 0 Å². The van der Waals surface area contributed by atoms with Crippen LogP contribution in [0.3, 0.4) is 0 Å². The number of nitrogens with one attached hydrogen (secondary N) is 1. The van der Waals surface area contributed by atoms with Gasteiger partial charge in [-0.15, -0.1) is 0 Å². The molecule has 1 aliphatic carbocycles. The quantitative estimate of drug-likeness (QED) is 0.309. The van der Waals surface area contributed by atoms with Gasteiger partial charge < -0.3 is 10.2 Å². The van der Waals surface area contributed by atoms with Crippen LogP contribution >= 0.6 is 0 Å². The highest BCUT2D eigenvalue weighted by Gasteiger charge is 2.23. The highest BCUT2D eigenvalue weighted by atomic mass is 16.7. The van der Waals surface area contributed by atoms with Gasteiger partial charge in [0.1, 0.15) is 10.9 Å². The second kappa shape index (κ2) is 4.72. The number of hydrazone groups is 1. The van der Waals surface area contributed by atoms with Gasteiger partial charge in [0.05, 0.1) is 0 Å². The summed E-state index contributed by atoms with van der Waals surface area (Å²) in [6, 6.07) is 0.294. The number of aliphatic imine (C=N–C) groups is 1. The van der Waals surface area contributed by atoms with E-state index in [0.717, 1.165) is 12.8 Å². The third-order valence-corrected chi connectivity index (χ3v) is 2.00. The summed E-state index contributed by atoms with van der Waals surface area (Å²) in [5, 5.41) is 15.6. The lowest BCUT2D eigenvalue weighted by Crippen LogP contribution is -2.28. The molecule has 0 aliphatic heterocycles. The van der Waals surface area contributed by atoms with Crippen LogP contribution in [0.4, 0.5) is 0 Å². The second-order valence-corrected chi connectivity index (χ2v) is 3.63. The van der Waals surface area contributed by atoms with Crippen LogP contribution in [0, 0.1) is 10.1 Å². The van der Waals surface area contributed by atoms with Crippen molar-refractivity contribution in [1.82, 2.24) is 10.2 Å². The topological polar surface area (TPSA) is 83.1 Å². The molecule has 0 saturated heterocycles. The highest BCUT2D eigenvalue weighted by molar-refractivity contribution is 5.94. The normalized spacial score (nSPS) is 17.5. The Kier molecular flexibility index (Phi) is 3.59. The van der Waals surface area contributed by atoms with Gasteiger partial charge in [0.25, 0.3) is 5.96 Å². The Labute approximate surface area is 88.0 Å². The van der Waals surface area contributed by atoms with Crippen molar-refractivity contribution in [3.05, 3.63) is 10.1 Å². The maximum atomic E-state index is 10.3. The van der Waals surface area contributed by atoms with Gasteiger partial charge >= 0.3 is 0 Å². The molecule has 7 nitrogen and oxygen atoms in total. The van der Waals surface area contributed by atoms with E-state index >= 15 is 0 Å². The van der Waals surface area contributed by atoms with E-state index in [1.165, 1.54) is 0 Å². The molecule has 1 fully saturated rings. The molecule has 7 heteroatoms. The molecule has 0 aromatic rings. The van der Waals surface area contributed by atoms with Crippen LogP contribution < -0.4 is 5.32 Å². The Balaban J connectivity index is 2.70. The van der Waals surface area contributed by atoms with Crippen molar-refractivity contribution < 1.29 is 5.03 Å². The van der Waals surface area contributed by atoms with Gasteiger partial charge in [0, 0.05) is 20.1 Å². The second-order valence-electron chi connectivity index (χ2n) is 3.63. The average molecular weight is 213 g/mol. The number of rotatable bonds is 2. The molecule has 0 amide bonds. The minimum atomic E-state index is -0.739. The number of hydrogen-bond donors (Lipinski definition) is 1. The summed E-state index contributed by atoms with van der Waals surface area (Å²) < 4.78 is 0. The monoisotopic (exact) mass is 213 g/mol. The molecule has 1 N–H and O–H groups in total. The Morgan fingerprint density at radius 3 is 2.53 bits per heavy atom. The number of nitrogens with zero attached hydrogens (tertiary/aromatic N) is 4. The lowest BCUT2D eigenvalue weighted by atomic mass is 10.6. The number of guanidine groups is 1. The van der Waals surface area contributed by atoms with Gasteiger partial charge in [0.2, 0.25) is 0 Å². The van der Waals surface area contributed by atoms with Crippen molar-refractivity contribution in [3.63, 3.8) is 0 Å². The minimum Gasteiger partial charge on any atom is -0.366 e. The summed E-state index contributed by atoms with van der Waals surface area (Å²) in [4.78, 5) is 16.1. The van der Waals surface area contributed by atoms with Crippen molar-refractivity contribution in [2.45, 2.75) is 25.8 Å². The Morgan fingerprint density at radius 2 is 2.13 bits per heavy atom. The summed E-state index contributed by atoms with van der Waals surface area (Å²) >= 11 is 0.